The van der Waals surface area contributed by atoms with E-state index in [1.165, 1.54) is 0 Å². The summed E-state index contributed by atoms with van der Waals surface area (Å²) in [6.45, 7) is 6.33. The van der Waals surface area contributed by atoms with Crippen molar-refractivity contribution in [3.8, 4) is 0 Å². The lowest BCUT2D eigenvalue weighted by Gasteiger charge is -2.61. The smallest absolute Gasteiger partial charge is 0.156 e. The zero-order valence-corrected chi connectivity index (χ0v) is 15.8. The SMILES string of the molecule is O=P(CNC12CN3CN(CN(C3)C1)C2)(c1ccccc1)c1ccccc1. The zero-order chi connectivity index (χ0) is 17.6. The van der Waals surface area contributed by atoms with E-state index < -0.39 is 7.14 Å². The van der Waals surface area contributed by atoms with Gasteiger partial charge in [0.15, 0.2) is 7.14 Å². The molecule has 136 valence electrons. The summed E-state index contributed by atoms with van der Waals surface area (Å²) in [7, 11) is -2.71. The van der Waals surface area contributed by atoms with Gasteiger partial charge in [0, 0.05) is 30.2 Å². The largest absolute Gasteiger partial charge is 0.312 e. The van der Waals surface area contributed by atoms with Crippen molar-refractivity contribution < 1.29 is 4.57 Å². The second-order valence-corrected chi connectivity index (χ2v) is 10.8. The molecule has 5 nitrogen and oxygen atoms in total. The maximum absolute atomic E-state index is 14.2. The average molecular weight is 368 g/mol. The molecule has 4 bridgehead atoms. The van der Waals surface area contributed by atoms with Gasteiger partial charge < -0.3 is 9.88 Å². The van der Waals surface area contributed by atoms with Crippen LogP contribution in [0.1, 0.15) is 0 Å². The van der Waals surface area contributed by atoms with Crippen LogP contribution in [-0.4, -0.2) is 66.2 Å². The van der Waals surface area contributed by atoms with Gasteiger partial charge in [0.2, 0.25) is 0 Å². The minimum absolute atomic E-state index is 0.0218. The lowest BCUT2D eigenvalue weighted by Crippen LogP contribution is -2.79. The second-order valence-electron chi connectivity index (χ2n) is 7.94. The Balaban J connectivity index is 1.45. The molecule has 0 saturated carbocycles. The van der Waals surface area contributed by atoms with Gasteiger partial charge in [-0.05, 0) is 0 Å². The van der Waals surface area contributed by atoms with Gasteiger partial charge in [0.05, 0.1) is 31.8 Å². The summed E-state index contributed by atoms with van der Waals surface area (Å²) in [5, 5.41) is 5.65. The van der Waals surface area contributed by atoms with E-state index in [1.54, 1.807) is 0 Å². The molecule has 1 N–H and O–H groups in total. The minimum atomic E-state index is -2.71. The quantitative estimate of drug-likeness (QED) is 0.801. The van der Waals surface area contributed by atoms with Gasteiger partial charge in [-0.2, -0.15) is 0 Å². The molecule has 6 heteroatoms. The third-order valence-corrected chi connectivity index (χ3v) is 8.67. The highest BCUT2D eigenvalue weighted by atomic mass is 31.2. The number of hydrogen-bond donors (Lipinski definition) is 1. The Bertz CT molecular complexity index is 747. The molecule has 6 rings (SSSR count). The summed E-state index contributed by atoms with van der Waals surface area (Å²) in [4.78, 5) is 7.46. The lowest BCUT2D eigenvalue weighted by atomic mass is 9.91. The Morgan fingerprint density at radius 3 is 1.62 bits per heavy atom. The van der Waals surface area contributed by atoms with Crippen molar-refractivity contribution in [3.05, 3.63) is 60.7 Å². The van der Waals surface area contributed by atoms with Crippen molar-refractivity contribution in [2.24, 2.45) is 0 Å². The van der Waals surface area contributed by atoms with Crippen LogP contribution in [0.5, 0.6) is 0 Å². The van der Waals surface area contributed by atoms with E-state index in [-0.39, 0.29) is 5.54 Å². The standard InChI is InChI=1S/C20H25N4OP/c25-26(18-7-3-1-4-8-18,19-9-5-2-6-10-19)14-21-20-11-22-15-23(12-20)17-24(13-20)16-22/h1-10,21H,11-17H2. The first kappa shape index (κ1) is 16.7. The van der Waals surface area contributed by atoms with Crippen LogP contribution in [0.15, 0.2) is 60.7 Å². The van der Waals surface area contributed by atoms with Gasteiger partial charge in [0.1, 0.15) is 0 Å². The normalized spacial score (nSPS) is 32.7. The number of nitrogens with one attached hydrogen (secondary N) is 1. The van der Waals surface area contributed by atoms with Crippen molar-refractivity contribution >= 4 is 17.8 Å². The van der Waals surface area contributed by atoms with Crippen molar-refractivity contribution in [2.75, 3.05) is 45.9 Å². The fraction of sp³-hybridized carbons (Fsp3) is 0.400. The van der Waals surface area contributed by atoms with E-state index in [4.69, 9.17) is 0 Å². The Labute approximate surface area is 155 Å². The molecule has 0 aromatic heterocycles. The van der Waals surface area contributed by atoms with E-state index in [9.17, 15) is 4.57 Å². The molecular formula is C20H25N4OP. The zero-order valence-electron chi connectivity index (χ0n) is 14.9. The summed E-state index contributed by atoms with van der Waals surface area (Å²) in [6, 6.07) is 19.9. The van der Waals surface area contributed by atoms with Crippen LogP contribution in [0.4, 0.5) is 0 Å². The van der Waals surface area contributed by atoms with Crippen molar-refractivity contribution in [3.63, 3.8) is 0 Å². The van der Waals surface area contributed by atoms with E-state index in [0.717, 1.165) is 50.2 Å². The van der Waals surface area contributed by atoms with Crippen LogP contribution < -0.4 is 15.9 Å². The van der Waals surface area contributed by atoms with Crippen LogP contribution >= 0.6 is 7.14 Å². The van der Waals surface area contributed by atoms with E-state index >= 15 is 0 Å². The van der Waals surface area contributed by atoms with Gasteiger partial charge in [-0.25, -0.2) is 0 Å². The molecule has 4 aliphatic heterocycles. The summed E-state index contributed by atoms with van der Waals surface area (Å²) in [5.74, 6) is 0. The average Bonchev–Trinajstić information content (AvgIpc) is 2.67. The molecule has 0 amide bonds. The highest BCUT2D eigenvalue weighted by Crippen LogP contribution is 2.43. The summed E-state index contributed by atoms with van der Waals surface area (Å²) in [6.07, 6.45) is 0.510. The molecule has 0 aliphatic carbocycles. The molecular weight excluding hydrogens is 343 g/mol. The number of rotatable bonds is 5. The summed E-state index contributed by atoms with van der Waals surface area (Å²) < 4.78 is 14.2. The van der Waals surface area contributed by atoms with E-state index in [2.05, 4.69) is 20.0 Å². The number of benzene rings is 2. The molecule has 0 atom stereocenters. The second kappa shape index (κ2) is 6.29. The molecule has 2 aromatic carbocycles. The monoisotopic (exact) mass is 368 g/mol. The first-order valence-electron chi connectivity index (χ1n) is 9.28. The molecule has 4 aliphatic rings. The van der Waals surface area contributed by atoms with Gasteiger partial charge in [-0.3, -0.25) is 14.7 Å². The van der Waals surface area contributed by atoms with Crippen LogP contribution in [0, 0.1) is 0 Å². The fourth-order valence-corrected chi connectivity index (χ4v) is 7.36. The minimum Gasteiger partial charge on any atom is -0.312 e. The predicted molar refractivity (Wildman–Crippen MR) is 105 cm³/mol. The van der Waals surface area contributed by atoms with Crippen LogP contribution in [0.25, 0.3) is 0 Å². The maximum Gasteiger partial charge on any atom is 0.156 e. The number of nitrogens with zero attached hydrogens (tertiary/aromatic N) is 3. The maximum atomic E-state index is 14.2. The predicted octanol–water partition coefficient (Wildman–Crippen LogP) is 1.11. The molecule has 0 spiro atoms. The third kappa shape index (κ3) is 2.84. The molecule has 2 aromatic rings. The Morgan fingerprint density at radius 1 is 0.769 bits per heavy atom. The van der Waals surface area contributed by atoms with Crippen LogP contribution in [0.3, 0.4) is 0 Å². The molecule has 26 heavy (non-hydrogen) atoms. The van der Waals surface area contributed by atoms with Crippen molar-refractivity contribution in [1.29, 1.82) is 0 Å². The van der Waals surface area contributed by atoms with Crippen LogP contribution in [0.2, 0.25) is 0 Å². The van der Waals surface area contributed by atoms with Gasteiger partial charge in [-0.1, -0.05) is 60.7 Å². The van der Waals surface area contributed by atoms with Gasteiger partial charge in [-0.15, -0.1) is 0 Å². The molecule has 0 unspecified atom stereocenters. The number of hydrogen-bond acceptors (Lipinski definition) is 5. The Hall–Kier alpha value is -1.49. The molecule has 4 fully saturated rings. The third-order valence-electron chi connectivity index (χ3n) is 5.80. The van der Waals surface area contributed by atoms with Gasteiger partial charge in [0.25, 0.3) is 0 Å². The van der Waals surface area contributed by atoms with Crippen molar-refractivity contribution in [2.45, 2.75) is 5.54 Å². The Kier molecular flexibility index (Phi) is 4.03. The molecule has 0 radical (unpaired) electrons. The first-order chi connectivity index (χ1) is 12.7. The lowest BCUT2D eigenvalue weighted by molar-refractivity contribution is -0.148. The molecule has 4 heterocycles. The van der Waals surface area contributed by atoms with E-state index in [1.807, 2.05) is 60.7 Å². The highest BCUT2D eigenvalue weighted by molar-refractivity contribution is 7.78. The Morgan fingerprint density at radius 2 is 1.19 bits per heavy atom. The molecule has 4 saturated heterocycles. The van der Waals surface area contributed by atoms with Gasteiger partial charge >= 0.3 is 0 Å². The van der Waals surface area contributed by atoms with Crippen molar-refractivity contribution in [1.82, 2.24) is 20.0 Å². The highest BCUT2D eigenvalue weighted by Gasteiger charge is 2.49. The van der Waals surface area contributed by atoms with Crippen LogP contribution in [-0.2, 0) is 4.57 Å². The summed E-state index contributed by atoms with van der Waals surface area (Å²) in [5.41, 5.74) is 0.0218. The van der Waals surface area contributed by atoms with E-state index in [0.29, 0.717) is 6.29 Å². The summed E-state index contributed by atoms with van der Waals surface area (Å²) >= 11 is 0. The first-order valence-corrected chi connectivity index (χ1v) is 11.2. The fourth-order valence-electron chi connectivity index (χ4n) is 4.83. The topological polar surface area (TPSA) is 38.8 Å².